The van der Waals surface area contributed by atoms with Crippen LogP contribution in [-0.4, -0.2) is 11.0 Å². The third-order valence-corrected chi connectivity index (χ3v) is 3.58. The first kappa shape index (κ1) is 12.1. The van der Waals surface area contributed by atoms with Crippen molar-refractivity contribution in [2.45, 2.75) is 37.3 Å². The predicted octanol–water partition coefficient (Wildman–Crippen LogP) is 3.36. The highest BCUT2D eigenvalue weighted by molar-refractivity contribution is 7.99. The maximum atomic E-state index is 11.3. The lowest BCUT2D eigenvalue weighted by molar-refractivity contribution is 0.101. The van der Waals surface area contributed by atoms with Crippen molar-refractivity contribution >= 4 is 23.2 Å². The van der Waals surface area contributed by atoms with E-state index in [-0.39, 0.29) is 5.78 Å². The number of thioether (sulfide) groups is 1. The summed E-state index contributed by atoms with van der Waals surface area (Å²) in [4.78, 5) is 12.4. The Balaban J connectivity index is 2.92. The molecule has 0 heterocycles. The summed E-state index contributed by atoms with van der Waals surface area (Å²) in [6.07, 6.45) is 1.12. The number of ketones is 1. The Morgan fingerprint density at radius 2 is 2.20 bits per heavy atom. The third-order valence-electron chi connectivity index (χ3n) is 2.32. The molecule has 1 unspecified atom stereocenters. The number of nitrogens with two attached hydrogens (primary N) is 1. The Bertz CT molecular complexity index is 363. The van der Waals surface area contributed by atoms with Gasteiger partial charge in [0.15, 0.2) is 5.78 Å². The molecule has 3 heteroatoms. The molecule has 0 saturated heterocycles. The van der Waals surface area contributed by atoms with Gasteiger partial charge < -0.3 is 5.73 Å². The molecule has 0 aliphatic rings. The van der Waals surface area contributed by atoms with Gasteiger partial charge in [0.2, 0.25) is 0 Å². The Kier molecular flexibility index (Phi) is 4.21. The van der Waals surface area contributed by atoms with Crippen LogP contribution in [0.15, 0.2) is 23.1 Å². The van der Waals surface area contributed by atoms with Gasteiger partial charge >= 0.3 is 0 Å². The Hall–Kier alpha value is -0.960. The second kappa shape index (κ2) is 5.21. The van der Waals surface area contributed by atoms with E-state index in [2.05, 4.69) is 13.8 Å². The van der Waals surface area contributed by atoms with E-state index in [0.29, 0.717) is 16.5 Å². The molecule has 0 radical (unpaired) electrons. The minimum absolute atomic E-state index is 0.0269. The first-order valence-electron chi connectivity index (χ1n) is 5.11. The lowest BCUT2D eigenvalue weighted by Gasteiger charge is -2.10. The van der Waals surface area contributed by atoms with E-state index in [1.165, 1.54) is 0 Å². The van der Waals surface area contributed by atoms with Crippen molar-refractivity contribution in [2.75, 3.05) is 5.73 Å². The maximum absolute atomic E-state index is 11.3. The molecule has 15 heavy (non-hydrogen) atoms. The summed E-state index contributed by atoms with van der Waals surface area (Å²) in [6.45, 7) is 5.87. The molecule has 0 bridgehead atoms. The van der Waals surface area contributed by atoms with E-state index in [4.69, 9.17) is 5.73 Å². The highest BCUT2D eigenvalue weighted by atomic mass is 32.2. The largest absolute Gasteiger partial charge is 0.398 e. The van der Waals surface area contributed by atoms with Crippen LogP contribution in [0.25, 0.3) is 0 Å². The molecule has 0 aliphatic carbocycles. The number of carbonyl (C=O) groups is 1. The topological polar surface area (TPSA) is 43.1 Å². The van der Waals surface area contributed by atoms with Gasteiger partial charge in [-0.25, -0.2) is 0 Å². The minimum Gasteiger partial charge on any atom is -0.398 e. The highest BCUT2D eigenvalue weighted by Gasteiger charge is 2.08. The Morgan fingerprint density at radius 3 is 2.73 bits per heavy atom. The number of hydrogen-bond donors (Lipinski definition) is 1. The third kappa shape index (κ3) is 3.27. The fourth-order valence-electron chi connectivity index (χ4n) is 1.23. The van der Waals surface area contributed by atoms with Gasteiger partial charge in [-0.2, -0.15) is 0 Å². The summed E-state index contributed by atoms with van der Waals surface area (Å²) in [5, 5.41) is 0.563. The monoisotopic (exact) mass is 223 g/mol. The van der Waals surface area contributed by atoms with Crippen LogP contribution in [0, 0.1) is 0 Å². The quantitative estimate of drug-likeness (QED) is 0.483. The average Bonchev–Trinajstić information content (AvgIpc) is 2.20. The molecule has 82 valence electrons. The van der Waals surface area contributed by atoms with Crippen LogP contribution in [0.2, 0.25) is 0 Å². The molecule has 0 fully saturated rings. The minimum atomic E-state index is 0.0269. The van der Waals surface area contributed by atoms with E-state index in [9.17, 15) is 4.79 Å². The van der Waals surface area contributed by atoms with Gasteiger partial charge in [0.1, 0.15) is 0 Å². The van der Waals surface area contributed by atoms with Gasteiger partial charge in [0, 0.05) is 21.4 Å². The molecule has 1 aromatic rings. The summed E-state index contributed by atoms with van der Waals surface area (Å²) >= 11 is 1.78. The number of benzene rings is 1. The van der Waals surface area contributed by atoms with Crippen molar-refractivity contribution in [3.63, 3.8) is 0 Å². The Labute approximate surface area is 95.2 Å². The smallest absolute Gasteiger partial charge is 0.161 e. The van der Waals surface area contributed by atoms with Gasteiger partial charge in [-0.3, -0.25) is 4.79 Å². The molecule has 1 rings (SSSR count). The first-order valence-corrected chi connectivity index (χ1v) is 5.99. The van der Waals surface area contributed by atoms with Gasteiger partial charge in [0.05, 0.1) is 0 Å². The van der Waals surface area contributed by atoms with E-state index >= 15 is 0 Å². The average molecular weight is 223 g/mol. The normalized spacial score (nSPS) is 12.5. The molecule has 1 aromatic carbocycles. The van der Waals surface area contributed by atoms with Crippen LogP contribution < -0.4 is 5.73 Å². The molecule has 0 aliphatic heterocycles. The van der Waals surface area contributed by atoms with E-state index < -0.39 is 0 Å². The summed E-state index contributed by atoms with van der Waals surface area (Å²) in [5.74, 6) is 0.0269. The zero-order valence-corrected chi connectivity index (χ0v) is 10.2. The summed E-state index contributed by atoms with van der Waals surface area (Å²) in [7, 11) is 0. The van der Waals surface area contributed by atoms with Crippen molar-refractivity contribution in [3.05, 3.63) is 23.8 Å². The SMILES string of the molecule is CCC(C)Sc1ccc(N)c(C(C)=O)c1. The summed E-state index contributed by atoms with van der Waals surface area (Å²) in [5.41, 5.74) is 6.92. The number of carbonyl (C=O) groups excluding carboxylic acids is 1. The molecule has 0 amide bonds. The second-order valence-electron chi connectivity index (χ2n) is 3.64. The van der Waals surface area contributed by atoms with E-state index in [1.54, 1.807) is 24.8 Å². The predicted molar refractivity (Wildman–Crippen MR) is 66.5 cm³/mol. The zero-order valence-electron chi connectivity index (χ0n) is 9.41. The number of rotatable bonds is 4. The van der Waals surface area contributed by atoms with Crippen molar-refractivity contribution in [2.24, 2.45) is 0 Å². The number of hydrogen-bond acceptors (Lipinski definition) is 3. The maximum Gasteiger partial charge on any atom is 0.161 e. The van der Waals surface area contributed by atoms with Crippen LogP contribution in [0.1, 0.15) is 37.6 Å². The molecule has 2 nitrogen and oxygen atoms in total. The summed E-state index contributed by atoms with van der Waals surface area (Å²) in [6, 6.07) is 5.66. The lowest BCUT2D eigenvalue weighted by Crippen LogP contribution is -2.00. The first-order chi connectivity index (χ1) is 7.04. The molecular weight excluding hydrogens is 206 g/mol. The fourth-order valence-corrected chi connectivity index (χ4v) is 2.19. The van der Waals surface area contributed by atoms with Gasteiger partial charge in [0.25, 0.3) is 0 Å². The molecule has 2 N–H and O–H groups in total. The Morgan fingerprint density at radius 1 is 1.53 bits per heavy atom. The van der Waals surface area contributed by atoms with Crippen LogP contribution in [-0.2, 0) is 0 Å². The molecule has 0 spiro atoms. The summed E-state index contributed by atoms with van der Waals surface area (Å²) < 4.78 is 0. The second-order valence-corrected chi connectivity index (χ2v) is 5.15. The molecule has 0 saturated carbocycles. The fraction of sp³-hybridized carbons (Fsp3) is 0.417. The van der Waals surface area contributed by atoms with Crippen LogP contribution >= 0.6 is 11.8 Å². The van der Waals surface area contributed by atoms with Gasteiger partial charge in [-0.1, -0.05) is 13.8 Å². The molecule has 0 aromatic heterocycles. The number of nitrogen functional groups attached to an aromatic ring is 1. The standard InChI is InChI=1S/C12H17NOS/c1-4-8(2)15-10-5-6-12(13)11(7-10)9(3)14/h5-8H,4,13H2,1-3H3. The van der Waals surface area contributed by atoms with Gasteiger partial charge in [-0.15, -0.1) is 11.8 Å². The van der Waals surface area contributed by atoms with E-state index in [1.807, 2.05) is 12.1 Å². The van der Waals surface area contributed by atoms with Crippen LogP contribution in [0.3, 0.4) is 0 Å². The van der Waals surface area contributed by atoms with Crippen molar-refractivity contribution in [3.8, 4) is 0 Å². The number of anilines is 1. The van der Waals surface area contributed by atoms with Crippen molar-refractivity contribution < 1.29 is 4.79 Å². The van der Waals surface area contributed by atoms with Crippen molar-refractivity contribution in [1.82, 2.24) is 0 Å². The van der Waals surface area contributed by atoms with E-state index in [0.717, 1.165) is 11.3 Å². The zero-order chi connectivity index (χ0) is 11.4. The van der Waals surface area contributed by atoms with Crippen molar-refractivity contribution in [1.29, 1.82) is 0 Å². The van der Waals surface area contributed by atoms with Crippen LogP contribution in [0.5, 0.6) is 0 Å². The number of Topliss-reactive ketones (excluding diaryl/α,β-unsaturated/α-hetero) is 1. The lowest BCUT2D eigenvalue weighted by atomic mass is 10.1. The van der Waals surface area contributed by atoms with Gasteiger partial charge in [-0.05, 0) is 31.5 Å². The highest BCUT2D eigenvalue weighted by Crippen LogP contribution is 2.27. The molecule has 1 atom stereocenters. The molecular formula is C12H17NOS. The van der Waals surface area contributed by atoms with Crippen LogP contribution in [0.4, 0.5) is 5.69 Å².